The number of hydrogen-bond donors (Lipinski definition) is 1. The fraction of sp³-hybridized carbons (Fsp3) is 0.976. The molecule has 0 aliphatic rings. The Morgan fingerprint density at radius 3 is 1.27 bits per heavy atom. The highest BCUT2D eigenvalue weighted by Crippen LogP contribution is 2.20. The van der Waals surface area contributed by atoms with Crippen molar-refractivity contribution in [3.63, 3.8) is 0 Å². The summed E-state index contributed by atoms with van der Waals surface area (Å²) in [6, 6.07) is 0. The number of aliphatic hydroxyl groups excluding tert-OH is 1. The van der Waals surface area contributed by atoms with Gasteiger partial charge in [-0.3, -0.25) is 4.79 Å². The summed E-state index contributed by atoms with van der Waals surface area (Å²) >= 11 is 0. The molecule has 0 aromatic carbocycles. The van der Waals surface area contributed by atoms with Crippen LogP contribution in [0.5, 0.6) is 0 Å². The average Bonchev–Trinajstić information content (AvgIpc) is 3.03. The lowest BCUT2D eigenvalue weighted by atomic mass is 9.94. The minimum absolute atomic E-state index is 0.0676. The van der Waals surface area contributed by atoms with Crippen LogP contribution in [0, 0.1) is 5.92 Å². The summed E-state index contributed by atoms with van der Waals surface area (Å²) in [5, 5.41) is 9.95. The van der Waals surface area contributed by atoms with Gasteiger partial charge in [0.25, 0.3) is 0 Å². The molecule has 0 radical (unpaired) electrons. The Bertz CT molecular complexity index is 520. The third kappa shape index (κ3) is 39.5. The topological polar surface area (TPSA) is 46.5 Å². The van der Waals surface area contributed by atoms with Crippen LogP contribution in [-0.4, -0.2) is 23.8 Å². The molecule has 0 aliphatic heterocycles. The van der Waals surface area contributed by atoms with E-state index in [1.165, 1.54) is 161 Å². The summed E-state index contributed by atoms with van der Waals surface area (Å²) < 4.78 is 5.30. The van der Waals surface area contributed by atoms with E-state index in [0.29, 0.717) is 13.0 Å². The molecule has 2 unspecified atom stereocenters. The van der Waals surface area contributed by atoms with Crippen molar-refractivity contribution in [2.24, 2.45) is 5.92 Å². The number of carbonyl (C=O) groups is 1. The molecule has 0 heterocycles. The molecule has 0 saturated carbocycles. The minimum atomic E-state index is -0.190. The first-order valence-corrected chi connectivity index (χ1v) is 20.4. The smallest absolute Gasteiger partial charge is 0.305 e. The highest BCUT2D eigenvalue weighted by Gasteiger charge is 2.07. The fourth-order valence-electron chi connectivity index (χ4n) is 6.15. The molecule has 0 aromatic heterocycles. The van der Waals surface area contributed by atoms with Crippen LogP contribution >= 0.6 is 0 Å². The Hall–Kier alpha value is -0.570. The molecule has 0 bridgehead atoms. The van der Waals surface area contributed by atoms with Gasteiger partial charge in [0.05, 0.1) is 12.7 Å². The molecule has 0 amide bonds. The van der Waals surface area contributed by atoms with E-state index in [1.807, 2.05) is 0 Å². The Morgan fingerprint density at radius 1 is 0.455 bits per heavy atom. The second-order valence-corrected chi connectivity index (χ2v) is 13.8. The maximum atomic E-state index is 11.7. The van der Waals surface area contributed by atoms with Crippen LogP contribution in [0.15, 0.2) is 0 Å². The molecule has 3 nitrogen and oxygen atoms in total. The zero-order valence-corrected chi connectivity index (χ0v) is 31.3. The lowest BCUT2D eigenvalue weighted by Crippen LogP contribution is -2.08. The van der Waals surface area contributed by atoms with E-state index in [4.69, 9.17) is 4.74 Å². The highest BCUT2D eigenvalue weighted by atomic mass is 16.5. The summed E-state index contributed by atoms with van der Waals surface area (Å²) in [6.45, 7) is 12.0. The zero-order valence-electron chi connectivity index (χ0n) is 31.3. The maximum absolute atomic E-state index is 11.7. The third-order valence-electron chi connectivity index (χ3n) is 9.31. The molecule has 266 valence electrons. The monoisotopic (exact) mass is 625 g/mol. The van der Waals surface area contributed by atoms with Gasteiger partial charge in [-0.05, 0) is 31.6 Å². The zero-order chi connectivity index (χ0) is 32.8. The highest BCUT2D eigenvalue weighted by molar-refractivity contribution is 5.69. The number of rotatable bonds is 34. The standard InChI is InChI=1S/C23H46O3.C18H38/c1-3-5-7-9-10-11-13-17-21-26-23(25)20-16-15-19-22(24)18-14-12-8-6-4-2;1-4-7-8-9-10-11-12-13-14-15-17-18(6-3)16-5-2/h22,24H,3-21H2,1-2H3;18H,4-17H2,1-3H3. The van der Waals surface area contributed by atoms with Crippen molar-refractivity contribution < 1.29 is 14.6 Å². The van der Waals surface area contributed by atoms with E-state index in [0.717, 1.165) is 44.4 Å². The van der Waals surface area contributed by atoms with E-state index in [2.05, 4.69) is 34.6 Å². The van der Waals surface area contributed by atoms with Crippen LogP contribution in [0.3, 0.4) is 0 Å². The summed E-state index contributed by atoms with van der Waals surface area (Å²) in [7, 11) is 0. The van der Waals surface area contributed by atoms with Crippen LogP contribution in [0.2, 0.25) is 0 Å². The summed E-state index contributed by atoms with van der Waals surface area (Å²) in [6.07, 6.45) is 40.4. The Morgan fingerprint density at radius 2 is 0.841 bits per heavy atom. The molecule has 0 aromatic rings. The van der Waals surface area contributed by atoms with E-state index < -0.39 is 0 Å². The van der Waals surface area contributed by atoms with Crippen molar-refractivity contribution >= 4 is 5.97 Å². The molecule has 0 saturated heterocycles. The number of carbonyl (C=O) groups excluding carboxylic acids is 1. The van der Waals surface area contributed by atoms with Gasteiger partial charge in [0.1, 0.15) is 0 Å². The normalized spacial score (nSPS) is 12.5. The van der Waals surface area contributed by atoms with Crippen molar-refractivity contribution in [1.82, 2.24) is 0 Å². The summed E-state index contributed by atoms with van der Waals surface area (Å²) in [4.78, 5) is 11.7. The number of ether oxygens (including phenoxy) is 1. The van der Waals surface area contributed by atoms with Gasteiger partial charge in [-0.1, -0.05) is 208 Å². The molecule has 0 spiro atoms. The van der Waals surface area contributed by atoms with E-state index in [9.17, 15) is 9.90 Å². The van der Waals surface area contributed by atoms with Crippen LogP contribution in [-0.2, 0) is 9.53 Å². The van der Waals surface area contributed by atoms with Gasteiger partial charge in [-0.15, -0.1) is 0 Å². The first-order chi connectivity index (χ1) is 21.5. The molecular formula is C41H84O3. The predicted octanol–water partition coefficient (Wildman–Crippen LogP) is 14.1. The van der Waals surface area contributed by atoms with Crippen molar-refractivity contribution in [2.45, 2.75) is 246 Å². The molecule has 1 N–H and O–H groups in total. The average molecular weight is 625 g/mol. The van der Waals surface area contributed by atoms with Crippen LogP contribution in [0.25, 0.3) is 0 Å². The lowest BCUT2D eigenvalue weighted by molar-refractivity contribution is -0.143. The van der Waals surface area contributed by atoms with Crippen LogP contribution in [0.1, 0.15) is 240 Å². The van der Waals surface area contributed by atoms with Crippen LogP contribution < -0.4 is 0 Å². The Balaban J connectivity index is 0. The van der Waals surface area contributed by atoms with Crippen molar-refractivity contribution in [3.05, 3.63) is 0 Å². The van der Waals surface area contributed by atoms with Gasteiger partial charge < -0.3 is 9.84 Å². The van der Waals surface area contributed by atoms with E-state index in [1.54, 1.807) is 0 Å². The van der Waals surface area contributed by atoms with Gasteiger partial charge in [0.15, 0.2) is 0 Å². The molecule has 0 aliphatic carbocycles. The summed E-state index contributed by atoms with van der Waals surface area (Å²) in [5.74, 6) is 0.950. The van der Waals surface area contributed by atoms with E-state index >= 15 is 0 Å². The number of aliphatic hydroxyl groups is 1. The molecule has 2 atom stereocenters. The predicted molar refractivity (Wildman–Crippen MR) is 197 cm³/mol. The quantitative estimate of drug-likeness (QED) is 0.0572. The maximum Gasteiger partial charge on any atom is 0.305 e. The molecule has 0 fully saturated rings. The van der Waals surface area contributed by atoms with Gasteiger partial charge in [-0.2, -0.15) is 0 Å². The fourth-order valence-corrected chi connectivity index (χ4v) is 6.15. The number of unbranched alkanes of at least 4 members (excludes halogenated alkanes) is 21. The second kappa shape index (κ2) is 40.5. The third-order valence-corrected chi connectivity index (χ3v) is 9.31. The lowest BCUT2D eigenvalue weighted by Gasteiger charge is -2.12. The number of hydrogen-bond acceptors (Lipinski definition) is 3. The minimum Gasteiger partial charge on any atom is -0.466 e. The molecular weight excluding hydrogens is 540 g/mol. The van der Waals surface area contributed by atoms with Gasteiger partial charge >= 0.3 is 5.97 Å². The summed E-state index contributed by atoms with van der Waals surface area (Å²) in [5.41, 5.74) is 0. The number of esters is 1. The van der Waals surface area contributed by atoms with Crippen molar-refractivity contribution in [3.8, 4) is 0 Å². The Kier molecular flexibility index (Phi) is 41.9. The molecule has 3 heteroatoms. The van der Waals surface area contributed by atoms with Gasteiger partial charge in [0, 0.05) is 6.42 Å². The van der Waals surface area contributed by atoms with Crippen molar-refractivity contribution in [1.29, 1.82) is 0 Å². The SMILES string of the molecule is CCCCCCCCCCCCC(CC)CCC.CCCCCCCCCCOC(=O)CCCCC(O)CCCCCCC. The largest absolute Gasteiger partial charge is 0.466 e. The van der Waals surface area contributed by atoms with Crippen molar-refractivity contribution in [2.75, 3.05) is 6.61 Å². The molecule has 44 heavy (non-hydrogen) atoms. The first kappa shape index (κ1) is 45.6. The molecule has 0 rings (SSSR count). The van der Waals surface area contributed by atoms with Gasteiger partial charge in [0.2, 0.25) is 0 Å². The first-order valence-electron chi connectivity index (χ1n) is 20.4. The van der Waals surface area contributed by atoms with Crippen LogP contribution in [0.4, 0.5) is 0 Å². The van der Waals surface area contributed by atoms with E-state index in [-0.39, 0.29) is 12.1 Å². The van der Waals surface area contributed by atoms with Gasteiger partial charge in [-0.25, -0.2) is 0 Å². The Labute approximate surface area is 278 Å². The second-order valence-electron chi connectivity index (χ2n) is 13.8.